The van der Waals surface area contributed by atoms with Gasteiger partial charge in [-0.05, 0) is 35.6 Å². The second-order valence-electron chi connectivity index (χ2n) is 5.10. The highest BCUT2D eigenvalue weighted by molar-refractivity contribution is 6.30. The Morgan fingerprint density at radius 1 is 1.44 bits per heavy atom. The molecular formula is C14H19ClO. The van der Waals surface area contributed by atoms with Gasteiger partial charge in [0.15, 0.2) is 0 Å². The number of rotatable bonds is 3. The molecule has 2 atom stereocenters. The predicted molar refractivity (Wildman–Crippen MR) is 68.1 cm³/mol. The van der Waals surface area contributed by atoms with Gasteiger partial charge in [-0.25, -0.2) is 0 Å². The molecule has 0 unspecified atom stereocenters. The van der Waals surface area contributed by atoms with Crippen LogP contribution in [0.2, 0.25) is 5.02 Å². The average molecular weight is 239 g/mol. The topological polar surface area (TPSA) is 9.23 Å². The third-order valence-corrected chi connectivity index (χ3v) is 3.45. The van der Waals surface area contributed by atoms with Crippen LogP contribution in [0.3, 0.4) is 0 Å². The lowest BCUT2D eigenvalue weighted by molar-refractivity contribution is 0.0295. The van der Waals surface area contributed by atoms with Crippen molar-refractivity contribution in [1.29, 1.82) is 0 Å². The van der Waals surface area contributed by atoms with Gasteiger partial charge in [-0.1, -0.05) is 38.4 Å². The lowest BCUT2D eigenvalue weighted by Crippen LogP contribution is -2.19. The molecule has 0 saturated carbocycles. The van der Waals surface area contributed by atoms with Gasteiger partial charge in [0, 0.05) is 17.5 Å². The van der Waals surface area contributed by atoms with Crippen molar-refractivity contribution >= 4 is 11.6 Å². The molecule has 0 fully saturated rings. The van der Waals surface area contributed by atoms with Crippen LogP contribution in [-0.4, -0.2) is 12.7 Å². The van der Waals surface area contributed by atoms with Crippen LogP contribution in [0.5, 0.6) is 0 Å². The van der Waals surface area contributed by atoms with Crippen molar-refractivity contribution in [1.82, 2.24) is 0 Å². The summed E-state index contributed by atoms with van der Waals surface area (Å²) in [6.07, 6.45) is 1.33. The van der Waals surface area contributed by atoms with Gasteiger partial charge in [-0.3, -0.25) is 0 Å². The highest BCUT2D eigenvalue weighted by atomic mass is 35.5. The van der Waals surface area contributed by atoms with Gasteiger partial charge >= 0.3 is 0 Å². The van der Waals surface area contributed by atoms with Crippen LogP contribution in [0.4, 0.5) is 0 Å². The Balaban J connectivity index is 2.08. The maximum Gasteiger partial charge on any atom is 0.0681 e. The quantitative estimate of drug-likeness (QED) is 0.772. The molecule has 16 heavy (non-hydrogen) atoms. The second-order valence-corrected chi connectivity index (χ2v) is 5.54. The van der Waals surface area contributed by atoms with E-state index in [1.54, 1.807) is 0 Å². The van der Waals surface area contributed by atoms with E-state index in [1.807, 2.05) is 6.07 Å². The zero-order valence-corrected chi connectivity index (χ0v) is 10.9. The second kappa shape index (κ2) is 4.77. The molecule has 2 rings (SSSR count). The largest absolute Gasteiger partial charge is 0.377 e. The fourth-order valence-electron chi connectivity index (χ4n) is 2.31. The summed E-state index contributed by atoms with van der Waals surface area (Å²) >= 11 is 6.01. The Bertz CT molecular complexity index is 373. The van der Waals surface area contributed by atoms with Crippen molar-refractivity contribution in [3.8, 4) is 0 Å². The van der Waals surface area contributed by atoms with Crippen LogP contribution in [0.15, 0.2) is 18.2 Å². The number of hydrogen-bond acceptors (Lipinski definition) is 1. The van der Waals surface area contributed by atoms with E-state index in [2.05, 4.69) is 32.9 Å². The van der Waals surface area contributed by atoms with E-state index in [9.17, 15) is 0 Å². The molecule has 1 nitrogen and oxygen atoms in total. The van der Waals surface area contributed by atoms with E-state index >= 15 is 0 Å². The Kier molecular flexibility index (Phi) is 3.56. The predicted octanol–water partition coefficient (Wildman–Crippen LogP) is 4.04. The van der Waals surface area contributed by atoms with Gasteiger partial charge in [-0.2, -0.15) is 0 Å². The molecule has 0 aliphatic heterocycles. The maximum absolute atomic E-state index is 6.01. The molecule has 0 aromatic heterocycles. The molecule has 88 valence electrons. The Morgan fingerprint density at radius 2 is 2.19 bits per heavy atom. The van der Waals surface area contributed by atoms with Crippen LogP contribution in [-0.2, 0) is 11.2 Å². The van der Waals surface area contributed by atoms with E-state index in [4.69, 9.17) is 16.3 Å². The van der Waals surface area contributed by atoms with E-state index in [0.717, 1.165) is 18.1 Å². The summed E-state index contributed by atoms with van der Waals surface area (Å²) in [6, 6.07) is 6.19. The molecule has 1 aromatic rings. The number of fused-ring (bicyclic) bond motifs is 1. The minimum absolute atomic E-state index is 0.330. The third-order valence-electron chi connectivity index (χ3n) is 3.22. The Hall–Kier alpha value is -0.530. The molecule has 0 bridgehead atoms. The minimum atomic E-state index is 0.330. The van der Waals surface area contributed by atoms with Crippen LogP contribution in [0.1, 0.15) is 37.8 Å². The van der Waals surface area contributed by atoms with Crippen LogP contribution >= 0.6 is 11.6 Å². The summed E-state index contributed by atoms with van der Waals surface area (Å²) in [4.78, 5) is 0. The standard InChI is InChI=1S/C14H19ClO/c1-9(2)8-16-14-7-11-6-12(15)4-5-13(11)10(14)3/h4-6,9-10,14H,7-8H2,1-3H3/t10-,14+/m0/s1. The van der Waals surface area contributed by atoms with E-state index < -0.39 is 0 Å². The molecule has 0 radical (unpaired) electrons. The van der Waals surface area contributed by atoms with Crippen LogP contribution in [0.25, 0.3) is 0 Å². The molecule has 0 N–H and O–H groups in total. The summed E-state index contributed by atoms with van der Waals surface area (Å²) in [5.74, 6) is 1.09. The molecule has 0 heterocycles. The number of halogens is 1. The molecule has 0 saturated heterocycles. The number of benzene rings is 1. The highest BCUT2D eigenvalue weighted by Crippen LogP contribution is 2.36. The molecule has 0 spiro atoms. The van der Waals surface area contributed by atoms with Gasteiger partial charge in [0.25, 0.3) is 0 Å². The Labute approximate surface area is 103 Å². The Morgan fingerprint density at radius 3 is 2.88 bits per heavy atom. The van der Waals surface area contributed by atoms with Crippen LogP contribution < -0.4 is 0 Å². The van der Waals surface area contributed by atoms with E-state index in [0.29, 0.717) is 17.9 Å². The molecule has 1 aliphatic rings. The average Bonchev–Trinajstić information content (AvgIpc) is 2.52. The van der Waals surface area contributed by atoms with Crippen molar-refractivity contribution in [3.63, 3.8) is 0 Å². The molecule has 1 aliphatic carbocycles. The van der Waals surface area contributed by atoms with Gasteiger partial charge in [0.2, 0.25) is 0 Å². The molecule has 0 amide bonds. The van der Waals surface area contributed by atoms with Crippen molar-refractivity contribution in [2.45, 2.75) is 39.2 Å². The van der Waals surface area contributed by atoms with Gasteiger partial charge in [0.05, 0.1) is 6.10 Å². The summed E-state index contributed by atoms with van der Waals surface area (Å²) in [5.41, 5.74) is 2.76. The minimum Gasteiger partial charge on any atom is -0.377 e. The summed E-state index contributed by atoms with van der Waals surface area (Å²) in [5, 5.41) is 0.829. The third kappa shape index (κ3) is 2.41. The van der Waals surface area contributed by atoms with E-state index in [1.165, 1.54) is 11.1 Å². The van der Waals surface area contributed by atoms with Crippen molar-refractivity contribution in [3.05, 3.63) is 34.3 Å². The fraction of sp³-hybridized carbons (Fsp3) is 0.571. The number of ether oxygens (including phenoxy) is 1. The van der Waals surface area contributed by atoms with Crippen molar-refractivity contribution < 1.29 is 4.74 Å². The summed E-state index contributed by atoms with van der Waals surface area (Å²) < 4.78 is 5.96. The monoisotopic (exact) mass is 238 g/mol. The zero-order valence-electron chi connectivity index (χ0n) is 10.2. The summed E-state index contributed by atoms with van der Waals surface area (Å²) in [6.45, 7) is 7.45. The van der Waals surface area contributed by atoms with Gasteiger partial charge < -0.3 is 4.74 Å². The van der Waals surface area contributed by atoms with Gasteiger partial charge in [-0.15, -0.1) is 0 Å². The first-order valence-corrected chi connectivity index (χ1v) is 6.35. The number of hydrogen-bond donors (Lipinski definition) is 0. The van der Waals surface area contributed by atoms with E-state index in [-0.39, 0.29) is 0 Å². The normalized spacial score (nSPS) is 23.8. The van der Waals surface area contributed by atoms with Crippen molar-refractivity contribution in [2.75, 3.05) is 6.61 Å². The first-order valence-electron chi connectivity index (χ1n) is 5.98. The maximum atomic E-state index is 6.01. The first kappa shape index (κ1) is 11.9. The highest BCUT2D eigenvalue weighted by Gasteiger charge is 2.29. The van der Waals surface area contributed by atoms with Crippen molar-refractivity contribution in [2.24, 2.45) is 5.92 Å². The van der Waals surface area contributed by atoms with Crippen LogP contribution in [0, 0.1) is 5.92 Å². The lowest BCUT2D eigenvalue weighted by Gasteiger charge is -2.18. The first-order chi connectivity index (χ1) is 7.58. The SMILES string of the molecule is CC(C)CO[C@@H]1Cc2cc(Cl)ccc2[C@@H]1C. The molecular weight excluding hydrogens is 220 g/mol. The zero-order chi connectivity index (χ0) is 11.7. The summed E-state index contributed by atoms with van der Waals surface area (Å²) in [7, 11) is 0. The van der Waals surface area contributed by atoms with Gasteiger partial charge in [0.1, 0.15) is 0 Å². The lowest BCUT2D eigenvalue weighted by atomic mass is 10.0. The fourth-order valence-corrected chi connectivity index (χ4v) is 2.50. The molecule has 2 heteroatoms. The molecule has 1 aromatic carbocycles. The smallest absolute Gasteiger partial charge is 0.0681 e.